The van der Waals surface area contributed by atoms with Gasteiger partial charge in [-0.05, 0) is 36.0 Å². The number of carbonyl (C=O) groups excluding carboxylic acids is 2. The molecular weight excluding hydrogens is 350 g/mol. The van der Waals surface area contributed by atoms with Crippen molar-refractivity contribution in [3.05, 3.63) is 56.7 Å². The van der Waals surface area contributed by atoms with Crippen molar-refractivity contribution in [1.82, 2.24) is 0 Å². The van der Waals surface area contributed by atoms with Crippen LogP contribution in [0.1, 0.15) is 11.3 Å². The van der Waals surface area contributed by atoms with Gasteiger partial charge in [-0.3, -0.25) is 19.7 Å². The predicted molar refractivity (Wildman–Crippen MR) is 86.6 cm³/mol. The van der Waals surface area contributed by atoms with Crippen LogP contribution in [0.5, 0.6) is 5.75 Å². The van der Waals surface area contributed by atoms with Crippen LogP contribution in [0.15, 0.2) is 39.7 Å². The molecule has 0 saturated carbocycles. The van der Waals surface area contributed by atoms with Crippen molar-refractivity contribution < 1.29 is 24.0 Å². The molecule has 1 aliphatic rings. The Labute approximate surface area is 143 Å². The number of aromatic hydroxyl groups is 1. The van der Waals surface area contributed by atoms with E-state index in [9.17, 15) is 24.8 Å². The van der Waals surface area contributed by atoms with E-state index in [2.05, 4.69) is 0 Å². The monoisotopic (exact) mass is 357 g/mol. The van der Waals surface area contributed by atoms with Gasteiger partial charge in [0.25, 0.3) is 11.1 Å². The third-order valence-electron chi connectivity index (χ3n) is 3.22. The molecule has 2 amide bonds. The Hall–Kier alpha value is -3.58. The number of amides is 2. The summed E-state index contributed by atoms with van der Waals surface area (Å²) >= 11 is 0.630. The second kappa shape index (κ2) is 6.14. The topological polar surface area (TPSA) is 138 Å². The molecule has 124 valence electrons. The van der Waals surface area contributed by atoms with Gasteiger partial charge in [0.15, 0.2) is 0 Å². The number of phenols is 1. The maximum Gasteiger partial charge on any atom is 0.433 e. The molecule has 1 fully saturated rings. The number of carbonyl (C=O) groups is 2. The van der Waals surface area contributed by atoms with Gasteiger partial charge in [-0.15, -0.1) is 0 Å². The largest absolute Gasteiger partial charge is 0.507 e. The summed E-state index contributed by atoms with van der Waals surface area (Å²) in [5.74, 6) is -1.36. The Balaban J connectivity index is 1.93. The van der Waals surface area contributed by atoms with E-state index < -0.39 is 22.0 Å². The lowest BCUT2D eigenvalue weighted by atomic mass is 10.2. The highest BCUT2D eigenvalue weighted by Gasteiger charge is 2.37. The highest BCUT2D eigenvalue weighted by molar-refractivity contribution is 8.19. The first kappa shape index (κ1) is 16.3. The molecule has 0 spiro atoms. The number of nitro groups is 1. The first-order valence-electron chi connectivity index (χ1n) is 6.66. The summed E-state index contributed by atoms with van der Waals surface area (Å²) in [5, 5.41) is 28.4. The van der Waals surface area contributed by atoms with Crippen molar-refractivity contribution in [3.8, 4) is 11.8 Å². The smallest absolute Gasteiger partial charge is 0.433 e. The van der Waals surface area contributed by atoms with Crippen molar-refractivity contribution in [3.63, 3.8) is 0 Å². The predicted octanol–water partition coefficient (Wildman–Crippen LogP) is 3.01. The number of rotatable bonds is 3. The number of imide groups is 1. The molecule has 1 aromatic heterocycles. The molecule has 2 aromatic rings. The van der Waals surface area contributed by atoms with E-state index in [1.165, 1.54) is 30.3 Å². The SMILES string of the molecule is N#Cc1cc(N2C(=O)S/C(=C\c3ccc([N+](=O)[O-])o3)C2=O)ccc1O. The van der Waals surface area contributed by atoms with Crippen LogP contribution in [0.25, 0.3) is 6.08 Å². The van der Waals surface area contributed by atoms with E-state index in [1.54, 1.807) is 6.07 Å². The van der Waals surface area contributed by atoms with E-state index in [0.717, 1.165) is 11.0 Å². The first-order valence-corrected chi connectivity index (χ1v) is 7.47. The average molecular weight is 357 g/mol. The van der Waals surface area contributed by atoms with Gasteiger partial charge in [-0.25, -0.2) is 4.90 Å². The minimum Gasteiger partial charge on any atom is -0.507 e. The maximum absolute atomic E-state index is 12.4. The number of benzene rings is 1. The molecule has 0 aliphatic carbocycles. The highest BCUT2D eigenvalue weighted by Crippen LogP contribution is 2.37. The molecule has 2 heterocycles. The van der Waals surface area contributed by atoms with E-state index in [-0.39, 0.29) is 27.7 Å². The number of hydrogen-bond donors (Lipinski definition) is 1. The van der Waals surface area contributed by atoms with Gasteiger partial charge in [0.2, 0.25) is 0 Å². The number of furan rings is 1. The van der Waals surface area contributed by atoms with Crippen LogP contribution in [0, 0.1) is 21.4 Å². The molecule has 10 heteroatoms. The van der Waals surface area contributed by atoms with Crippen LogP contribution < -0.4 is 4.90 Å². The minimum absolute atomic E-state index is 0.0147. The second-order valence-electron chi connectivity index (χ2n) is 4.76. The van der Waals surface area contributed by atoms with Gasteiger partial charge in [0, 0.05) is 6.08 Å². The molecule has 1 aromatic carbocycles. The van der Waals surface area contributed by atoms with Crippen molar-refractivity contribution in [2.24, 2.45) is 0 Å². The van der Waals surface area contributed by atoms with E-state index in [0.29, 0.717) is 11.8 Å². The molecule has 3 rings (SSSR count). The molecule has 0 unspecified atom stereocenters. The number of hydrogen-bond acceptors (Lipinski definition) is 8. The lowest BCUT2D eigenvalue weighted by Gasteiger charge is -2.12. The number of nitrogens with zero attached hydrogens (tertiary/aromatic N) is 3. The summed E-state index contributed by atoms with van der Waals surface area (Å²) in [4.78, 5) is 35.3. The quantitative estimate of drug-likeness (QED) is 0.502. The Morgan fingerprint density at radius 3 is 2.72 bits per heavy atom. The Bertz CT molecular complexity index is 987. The van der Waals surface area contributed by atoms with Gasteiger partial charge in [0.1, 0.15) is 22.5 Å². The molecule has 1 aliphatic heterocycles. The summed E-state index contributed by atoms with van der Waals surface area (Å²) in [6, 6.07) is 7.94. The maximum atomic E-state index is 12.4. The lowest BCUT2D eigenvalue weighted by Crippen LogP contribution is -2.27. The first-order chi connectivity index (χ1) is 11.9. The zero-order valence-corrected chi connectivity index (χ0v) is 13.0. The molecule has 0 radical (unpaired) electrons. The molecule has 0 atom stereocenters. The standard InChI is InChI=1S/C15H7N3O6S/c16-7-8-5-9(1-3-11(8)19)17-14(20)12(25-15(17)21)6-10-2-4-13(24-10)18(22)23/h1-6,19H/b12-6-. The van der Waals surface area contributed by atoms with Crippen LogP contribution in [0.4, 0.5) is 16.4 Å². The van der Waals surface area contributed by atoms with Gasteiger partial charge < -0.3 is 9.52 Å². The van der Waals surface area contributed by atoms with Gasteiger partial charge in [0.05, 0.1) is 22.2 Å². The Kier molecular flexibility index (Phi) is 4.00. The molecule has 1 saturated heterocycles. The van der Waals surface area contributed by atoms with E-state index in [1.807, 2.05) is 0 Å². The zero-order chi connectivity index (χ0) is 18.1. The minimum atomic E-state index is -0.719. The van der Waals surface area contributed by atoms with Gasteiger partial charge >= 0.3 is 5.88 Å². The van der Waals surface area contributed by atoms with Crippen molar-refractivity contribution >= 4 is 40.6 Å². The molecular formula is C15H7N3O6S. The van der Waals surface area contributed by atoms with Crippen molar-refractivity contribution in [2.45, 2.75) is 0 Å². The van der Waals surface area contributed by atoms with Crippen molar-refractivity contribution in [1.29, 1.82) is 5.26 Å². The Morgan fingerprint density at radius 2 is 2.08 bits per heavy atom. The zero-order valence-electron chi connectivity index (χ0n) is 12.2. The third-order valence-corrected chi connectivity index (χ3v) is 4.09. The van der Waals surface area contributed by atoms with Crippen LogP contribution in [0.3, 0.4) is 0 Å². The summed E-state index contributed by atoms with van der Waals surface area (Å²) in [7, 11) is 0. The molecule has 0 bridgehead atoms. The average Bonchev–Trinajstić information content (AvgIpc) is 3.14. The third kappa shape index (κ3) is 2.96. The van der Waals surface area contributed by atoms with Gasteiger partial charge in [-0.2, -0.15) is 5.26 Å². The fourth-order valence-electron chi connectivity index (χ4n) is 2.09. The summed E-state index contributed by atoms with van der Waals surface area (Å²) in [5.41, 5.74) is 0.0489. The van der Waals surface area contributed by atoms with Crippen molar-refractivity contribution in [2.75, 3.05) is 4.90 Å². The number of anilines is 1. The molecule has 25 heavy (non-hydrogen) atoms. The van der Waals surface area contributed by atoms with Crippen LogP contribution in [-0.2, 0) is 4.79 Å². The number of nitriles is 1. The summed E-state index contributed by atoms with van der Waals surface area (Å²) in [6.07, 6.45) is 1.23. The van der Waals surface area contributed by atoms with E-state index >= 15 is 0 Å². The van der Waals surface area contributed by atoms with Crippen LogP contribution in [0.2, 0.25) is 0 Å². The Morgan fingerprint density at radius 1 is 1.32 bits per heavy atom. The molecule has 1 N–H and O–H groups in total. The number of thioether (sulfide) groups is 1. The van der Waals surface area contributed by atoms with Gasteiger partial charge in [-0.1, -0.05) is 0 Å². The molecule has 9 nitrogen and oxygen atoms in total. The van der Waals surface area contributed by atoms with Crippen LogP contribution >= 0.6 is 11.8 Å². The second-order valence-corrected chi connectivity index (χ2v) is 5.76. The highest BCUT2D eigenvalue weighted by atomic mass is 32.2. The fourth-order valence-corrected chi connectivity index (χ4v) is 2.91. The lowest BCUT2D eigenvalue weighted by molar-refractivity contribution is -0.402. The van der Waals surface area contributed by atoms with Crippen LogP contribution in [-0.4, -0.2) is 21.2 Å². The number of phenolic OH excluding ortho intramolecular Hbond substituents is 1. The fraction of sp³-hybridized carbons (Fsp3) is 0. The van der Waals surface area contributed by atoms with E-state index in [4.69, 9.17) is 9.68 Å². The summed E-state index contributed by atoms with van der Waals surface area (Å²) in [6.45, 7) is 0. The summed E-state index contributed by atoms with van der Waals surface area (Å²) < 4.78 is 4.94. The normalized spacial score (nSPS) is 15.6.